The highest BCUT2D eigenvalue weighted by atomic mass is 32.2. The molecule has 0 spiro atoms. The molecule has 0 amide bonds. The summed E-state index contributed by atoms with van der Waals surface area (Å²) in [7, 11) is 0. The molecule has 2 rings (SSSR count). The van der Waals surface area contributed by atoms with Crippen molar-refractivity contribution in [1.29, 1.82) is 0 Å². The van der Waals surface area contributed by atoms with Crippen molar-refractivity contribution < 1.29 is 9.90 Å². The van der Waals surface area contributed by atoms with Gasteiger partial charge in [-0.15, -0.1) is 0 Å². The van der Waals surface area contributed by atoms with Crippen LogP contribution in [0.4, 0.5) is 0 Å². The first-order valence-electron chi connectivity index (χ1n) is 5.47. The first-order chi connectivity index (χ1) is 7.08. The van der Waals surface area contributed by atoms with Crippen molar-refractivity contribution in [2.24, 2.45) is 10.9 Å². The Morgan fingerprint density at radius 1 is 1.40 bits per heavy atom. The average molecular weight is 227 g/mol. The highest BCUT2D eigenvalue weighted by Gasteiger charge is 2.55. The molecule has 0 unspecified atom stereocenters. The van der Waals surface area contributed by atoms with Gasteiger partial charge in [0.1, 0.15) is 0 Å². The van der Waals surface area contributed by atoms with Crippen LogP contribution in [0.2, 0.25) is 0 Å². The molecule has 1 heterocycles. The summed E-state index contributed by atoms with van der Waals surface area (Å²) < 4.78 is 0. The minimum Gasteiger partial charge on any atom is -0.390 e. The van der Waals surface area contributed by atoms with Crippen LogP contribution in [0.1, 0.15) is 32.6 Å². The molecule has 0 aromatic rings. The Hall–Kier alpha value is -0.310. The van der Waals surface area contributed by atoms with Crippen molar-refractivity contribution >= 4 is 17.8 Å². The first-order valence-corrected chi connectivity index (χ1v) is 6.63. The molecular formula is C11H17NO2S. The second-order valence-electron chi connectivity index (χ2n) is 5.04. The van der Waals surface area contributed by atoms with Crippen molar-refractivity contribution in [3.05, 3.63) is 0 Å². The molecule has 1 saturated heterocycles. The Balaban J connectivity index is 2.10. The van der Waals surface area contributed by atoms with Crippen LogP contribution < -0.4 is 0 Å². The van der Waals surface area contributed by atoms with E-state index in [4.69, 9.17) is 0 Å². The molecule has 15 heavy (non-hydrogen) atoms. The minimum absolute atomic E-state index is 0.285. The molecule has 2 aliphatic rings. The fourth-order valence-corrected chi connectivity index (χ4v) is 4.16. The molecule has 1 N–H and O–H groups in total. The van der Waals surface area contributed by atoms with Crippen molar-refractivity contribution in [2.75, 3.05) is 11.5 Å². The van der Waals surface area contributed by atoms with Crippen LogP contribution in [-0.4, -0.2) is 33.8 Å². The molecule has 1 aliphatic heterocycles. The Kier molecular flexibility index (Phi) is 2.93. The lowest BCUT2D eigenvalue weighted by Crippen LogP contribution is -2.58. The summed E-state index contributed by atoms with van der Waals surface area (Å²) in [5.74, 6) is 2.78. The van der Waals surface area contributed by atoms with Crippen LogP contribution >= 0.6 is 11.8 Å². The summed E-state index contributed by atoms with van der Waals surface area (Å²) in [6.07, 6.45) is 5.20. The van der Waals surface area contributed by atoms with Gasteiger partial charge in [-0.1, -0.05) is 0 Å². The number of isocyanates is 1. The summed E-state index contributed by atoms with van der Waals surface area (Å²) in [5, 5.41) is 9.81. The monoisotopic (exact) mass is 227 g/mol. The van der Waals surface area contributed by atoms with Crippen LogP contribution in [0, 0.1) is 5.92 Å². The number of hydrogen-bond acceptors (Lipinski definition) is 4. The van der Waals surface area contributed by atoms with Crippen molar-refractivity contribution in [3.8, 4) is 0 Å². The van der Waals surface area contributed by atoms with Gasteiger partial charge in [0.15, 0.2) is 0 Å². The quantitative estimate of drug-likeness (QED) is 0.577. The molecule has 4 heteroatoms. The maximum absolute atomic E-state index is 10.5. The van der Waals surface area contributed by atoms with Gasteiger partial charge in [0.05, 0.1) is 11.1 Å². The summed E-state index contributed by atoms with van der Waals surface area (Å²) in [5.41, 5.74) is -0.906. The highest BCUT2D eigenvalue weighted by Crippen LogP contribution is 2.51. The molecule has 0 bridgehead atoms. The molecule has 2 fully saturated rings. The molecule has 0 atom stereocenters. The lowest BCUT2D eigenvalue weighted by Gasteiger charge is -2.53. The van der Waals surface area contributed by atoms with Crippen LogP contribution in [0.3, 0.4) is 0 Å². The van der Waals surface area contributed by atoms with Crippen molar-refractivity contribution in [1.82, 2.24) is 0 Å². The predicted molar refractivity (Wildman–Crippen MR) is 60.8 cm³/mol. The maximum atomic E-state index is 10.5. The van der Waals surface area contributed by atoms with Crippen LogP contribution in [0.25, 0.3) is 0 Å². The number of aliphatic imine (C=N–C) groups is 1. The second kappa shape index (κ2) is 3.93. The number of nitrogens with zero attached hydrogens (tertiary/aromatic N) is 1. The lowest BCUT2D eigenvalue weighted by molar-refractivity contribution is -0.0920. The largest absolute Gasteiger partial charge is 0.390 e. The van der Waals surface area contributed by atoms with Gasteiger partial charge in [-0.05, 0) is 37.2 Å². The van der Waals surface area contributed by atoms with E-state index >= 15 is 0 Å². The van der Waals surface area contributed by atoms with Gasteiger partial charge in [-0.2, -0.15) is 16.8 Å². The van der Waals surface area contributed by atoms with E-state index in [0.29, 0.717) is 18.8 Å². The van der Waals surface area contributed by atoms with Gasteiger partial charge in [0, 0.05) is 12.8 Å². The van der Waals surface area contributed by atoms with Crippen LogP contribution in [0.15, 0.2) is 4.99 Å². The summed E-state index contributed by atoms with van der Waals surface area (Å²) >= 11 is 1.96. The summed E-state index contributed by atoms with van der Waals surface area (Å²) in [6, 6.07) is 0. The SMILES string of the molecule is CC1(O)CC(N=C=O)(C2CCSCC2)C1. The Morgan fingerprint density at radius 3 is 2.47 bits per heavy atom. The second-order valence-corrected chi connectivity index (χ2v) is 6.27. The zero-order valence-corrected chi connectivity index (χ0v) is 9.85. The van der Waals surface area contributed by atoms with E-state index in [9.17, 15) is 9.90 Å². The Labute approximate surface area is 94.4 Å². The van der Waals surface area contributed by atoms with Gasteiger partial charge >= 0.3 is 0 Å². The smallest absolute Gasteiger partial charge is 0.235 e. The third-order valence-corrected chi connectivity index (χ3v) is 4.67. The zero-order valence-electron chi connectivity index (χ0n) is 9.03. The van der Waals surface area contributed by atoms with Gasteiger partial charge in [-0.3, -0.25) is 0 Å². The van der Waals surface area contributed by atoms with E-state index in [0.717, 1.165) is 24.3 Å². The lowest BCUT2D eigenvalue weighted by atomic mass is 9.59. The van der Waals surface area contributed by atoms with Crippen molar-refractivity contribution in [3.63, 3.8) is 0 Å². The van der Waals surface area contributed by atoms with Crippen LogP contribution in [-0.2, 0) is 4.79 Å². The third-order valence-electron chi connectivity index (χ3n) is 3.62. The maximum Gasteiger partial charge on any atom is 0.235 e. The van der Waals surface area contributed by atoms with Gasteiger partial charge < -0.3 is 5.11 Å². The standard InChI is InChI=1S/C11H17NO2S/c1-10(14)6-11(7-10,12-8-13)9-2-4-15-5-3-9/h9,14H,2-7H2,1H3. The molecule has 84 valence electrons. The number of rotatable bonds is 2. The van der Waals surface area contributed by atoms with Crippen molar-refractivity contribution in [2.45, 2.75) is 43.7 Å². The predicted octanol–water partition coefficient (Wildman–Crippen LogP) is 1.75. The number of thioether (sulfide) groups is 1. The minimum atomic E-state index is -0.620. The number of hydrogen-bond donors (Lipinski definition) is 1. The topological polar surface area (TPSA) is 49.7 Å². The molecule has 0 radical (unpaired) electrons. The van der Waals surface area contributed by atoms with Gasteiger partial charge in [0.2, 0.25) is 6.08 Å². The normalized spacial score (nSPS) is 41.7. The molecule has 1 saturated carbocycles. The fraction of sp³-hybridized carbons (Fsp3) is 0.909. The van der Waals surface area contributed by atoms with E-state index in [-0.39, 0.29) is 5.54 Å². The van der Waals surface area contributed by atoms with Gasteiger partial charge in [-0.25, -0.2) is 4.79 Å². The zero-order chi connectivity index (χ0) is 10.9. The average Bonchev–Trinajstić information content (AvgIpc) is 2.16. The molecular weight excluding hydrogens is 210 g/mol. The number of carbonyl (C=O) groups excluding carboxylic acids is 1. The molecule has 3 nitrogen and oxygen atoms in total. The summed E-state index contributed by atoms with van der Waals surface area (Å²) in [4.78, 5) is 14.5. The summed E-state index contributed by atoms with van der Waals surface area (Å²) in [6.45, 7) is 1.82. The molecule has 0 aromatic carbocycles. The Bertz CT molecular complexity index is 283. The van der Waals surface area contributed by atoms with E-state index in [1.165, 1.54) is 0 Å². The number of aliphatic hydroxyl groups is 1. The van der Waals surface area contributed by atoms with E-state index in [2.05, 4.69) is 4.99 Å². The molecule has 1 aliphatic carbocycles. The molecule has 0 aromatic heterocycles. The van der Waals surface area contributed by atoms with E-state index < -0.39 is 5.60 Å². The fourth-order valence-electron chi connectivity index (χ4n) is 3.05. The first kappa shape index (κ1) is 11.2. The van der Waals surface area contributed by atoms with E-state index in [1.807, 2.05) is 18.7 Å². The highest BCUT2D eigenvalue weighted by molar-refractivity contribution is 7.99. The van der Waals surface area contributed by atoms with Gasteiger partial charge in [0.25, 0.3) is 0 Å². The Morgan fingerprint density at radius 2 is 2.00 bits per heavy atom. The third kappa shape index (κ3) is 2.12. The van der Waals surface area contributed by atoms with E-state index in [1.54, 1.807) is 6.08 Å². The van der Waals surface area contributed by atoms with Crippen LogP contribution in [0.5, 0.6) is 0 Å².